The second kappa shape index (κ2) is 5.35. The molecular weight excluding hydrogens is 210 g/mol. The molecule has 0 aliphatic rings. The van der Waals surface area contributed by atoms with Crippen LogP contribution in [0.4, 0.5) is 5.69 Å². The maximum absolute atomic E-state index is 11.0. The van der Waals surface area contributed by atoms with Crippen LogP contribution in [0, 0.1) is 0 Å². The van der Waals surface area contributed by atoms with Crippen LogP contribution in [0.3, 0.4) is 0 Å². The molecule has 0 saturated carbocycles. The number of nitrogens with zero attached hydrogens (tertiary/aromatic N) is 1. The largest absolute Gasteiger partial charge is 0.377 e. The van der Waals surface area contributed by atoms with Gasteiger partial charge in [0, 0.05) is 25.3 Å². The Morgan fingerprint density at radius 1 is 1.00 bits per heavy atom. The zero-order valence-electron chi connectivity index (χ0n) is 11.7. The molecular formula is C15H23NO. The Morgan fingerprint density at radius 2 is 1.41 bits per heavy atom. The van der Waals surface area contributed by atoms with Gasteiger partial charge in [-0.05, 0) is 35.1 Å². The van der Waals surface area contributed by atoms with Crippen LogP contribution in [0.15, 0.2) is 12.1 Å². The van der Waals surface area contributed by atoms with E-state index in [0.717, 1.165) is 11.8 Å². The molecule has 0 amide bonds. The Morgan fingerprint density at radius 3 is 1.65 bits per heavy atom. The van der Waals surface area contributed by atoms with Gasteiger partial charge < -0.3 is 4.90 Å². The summed E-state index contributed by atoms with van der Waals surface area (Å²) >= 11 is 0. The monoisotopic (exact) mass is 233 g/mol. The third-order valence-electron chi connectivity index (χ3n) is 3.02. The fraction of sp³-hybridized carbons (Fsp3) is 0.533. The van der Waals surface area contributed by atoms with E-state index in [2.05, 4.69) is 46.7 Å². The van der Waals surface area contributed by atoms with Gasteiger partial charge in [-0.2, -0.15) is 0 Å². The van der Waals surface area contributed by atoms with Crippen molar-refractivity contribution in [3.63, 3.8) is 0 Å². The standard InChI is InChI=1S/C15H23NO/c1-10(2)13-7-12(9-17)8-14(11(3)4)15(13)16(5)6/h7-11H,1-6H3. The summed E-state index contributed by atoms with van der Waals surface area (Å²) in [6, 6.07) is 4.03. The van der Waals surface area contributed by atoms with Crippen LogP contribution in [0.25, 0.3) is 0 Å². The summed E-state index contributed by atoms with van der Waals surface area (Å²) in [6.45, 7) is 8.67. The van der Waals surface area contributed by atoms with Gasteiger partial charge in [0.2, 0.25) is 0 Å². The van der Waals surface area contributed by atoms with Crippen molar-refractivity contribution in [3.8, 4) is 0 Å². The van der Waals surface area contributed by atoms with Crippen LogP contribution in [0.2, 0.25) is 0 Å². The first-order valence-electron chi connectivity index (χ1n) is 6.18. The molecule has 2 nitrogen and oxygen atoms in total. The lowest BCUT2D eigenvalue weighted by molar-refractivity contribution is 0.112. The van der Waals surface area contributed by atoms with E-state index >= 15 is 0 Å². The lowest BCUT2D eigenvalue weighted by Crippen LogP contribution is -2.16. The minimum absolute atomic E-state index is 0.421. The van der Waals surface area contributed by atoms with Gasteiger partial charge in [0.05, 0.1) is 0 Å². The second-order valence-corrected chi connectivity index (χ2v) is 5.37. The first kappa shape index (κ1) is 13.8. The number of carbonyl (C=O) groups excluding carboxylic acids is 1. The Labute approximate surface area is 105 Å². The Hall–Kier alpha value is -1.31. The van der Waals surface area contributed by atoms with Crippen LogP contribution in [0.5, 0.6) is 0 Å². The highest BCUT2D eigenvalue weighted by Gasteiger charge is 2.16. The van der Waals surface area contributed by atoms with Gasteiger partial charge in [-0.3, -0.25) is 4.79 Å². The molecule has 0 spiro atoms. The van der Waals surface area contributed by atoms with E-state index in [4.69, 9.17) is 0 Å². The highest BCUT2D eigenvalue weighted by molar-refractivity contribution is 5.79. The maximum Gasteiger partial charge on any atom is 0.150 e. The summed E-state index contributed by atoms with van der Waals surface area (Å²) in [5, 5.41) is 0. The Bertz CT molecular complexity index is 376. The molecule has 0 aliphatic heterocycles. The molecule has 0 bridgehead atoms. The Balaban J connectivity index is 3.55. The molecule has 0 unspecified atom stereocenters. The summed E-state index contributed by atoms with van der Waals surface area (Å²) in [5.41, 5.74) is 4.55. The fourth-order valence-corrected chi connectivity index (χ4v) is 2.17. The molecule has 0 saturated heterocycles. The van der Waals surface area contributed by atoms with Crippen LogP contribution in [-0.2, 0) is 0 Å². The molecule has 17 heavy (non-hydrogen) atoms. The van der Waals surface area contributed by atoms with Gasteiger partial charge in [0.15, 0.2) is 0 Å². The zero-order valence-corrected chi connectivity index (χ0v) is 11.7. The average Bonchev–Trinajstić information content (AvgIpc) is 2.26. The molecule has 0 aromatic heterocycles. The van der Waals surface area contributed by atoms with E-state index in [-0.39, 0.29) is 0 Å². The van der Waals surface area contributed by atoms with E-state index in [1.165, 1.54) is 16.8 Å². The molecule has 0 heterocycles. The van der Waals surface area contributed by atoms with Crippen molar-refractivity contribution in [1.82, 2.24) is 0 Å². The number of anilines is 1. The molecule has 1 aromatic rings. The van der Waals surface area contributed by atoms with Crippen LogP contribution in [-0.4, -0.2) is 20.4 Å². The normalized spacial score (nSPS) is 11.1. The summed E-state index contributed by atoms with van der Waals surface area (Å²) in [5.74, 6) is 0.842. The third kappa shape index (κ3) is 2.87. The SMILES string of the molecule is CC(C)c1cc(C=O)cc(C(C)C)c1N(C)C. The number of hydrogen-bond donors (Lipinski definition) is 0. The molecule has 1 aromatic carbocycles. The number of hydrogen-bond acceptors (Lipinski definition) is 2. The number of rotatable bonds is 4. The average molecular weight is 233 g/mol. The van der Waals surface area contributed by atoms with Gasteiger partial charge in [0.25, 0.3) is 0 Å². The zero-order chi connectivity index (χ0) is 13.2. The van der Waals surface area contributed by atoms with Gasteiger partial charge in [0.1, 0.15) is 6.29 Å². The minimum Gasteiger partial charge on any atom is -0.377 e. The highest BCUT2D eigenvalue weighted by atomic mass is 16.1. The van der Waals surface area contributed by atoms with Crippen LogP contribution in [0.1, 0.15) is 61.0 Å². The van der Waals surface area contributed by atoms with E-state index in [1.54, 1.807) is 0 Å². The lowest BCUT2D eigenvalue weighted by atomic mass is 9.90. The van der Waals surface area contributed by atoms with Crippen molar-refractivity contribution in [2.45, 2.75) is 39.5 Å². The summed E-state index contributed by atoms with van der Waals surface area (Å²) < 4.78 is 0. The molecule has 0 aliphatic carbocycles. The number of carbonyl (C=O) groups is 1. The lowest BCUT2D eigenvalue weighted by Gasteiger charge is -2.26. The van der Waals surface area contributed by atoms with Crippen molar-refractivity contribution < 1.29 is 4.79 Å². The third-order valence-corrected chi connectivity index (χ3v) is 3.02. The fourth-order valence-electron chi connectivity index (χ4n) is 2.17. The predicted molar refractivity (Wildman–Crippen MR) is 74.3 cm³/mol. The molecule has 2 heteroatoms. The van der Waals surface area contributed by atoms with Gasteiger partial charge in [-0.1, -0.05) is 27.7 Å². The van der Waals surface area contributed by atoms with Crippen molar-refractivity contribution in [2.75, 3.05) is 19.0 Å². The van der Waals surface area contributed by atoms with E-state index in [1.807, 2.05) is 12.1 Å². The first-order valence-corrected chi connectivity index (χ1v) is 6.18. The number of benzene rings is 1. The van der Waals surface area contributed by atoms with Crippen LogP contribution >= 0.6 is 0 Å². The molecule has 0 N–H and O–H groups in total. The smallest absolute Gasteiger partial charge is 0.150 e. The number of aldehydes is 1. The van der Waals surface area contributed by atoms with Gasteiger partial charge in [-0.15, -0.1) is 0 Å². The van der Waals surface area contributed by atoms with Crippen LogP contribution < -0.4 is 4.90 Å². The first-order chi connectivity index (χ1) is 7.88. The maximum atomic E-state index is 11.0. The van der Waals surface area contributed by atoms with E-state index < -0.39 is 0 Å². The van der Waals surface area contributed by atoms with Gasteiger partial charge in [-0.25, -0.2) is 0 Å². The van der Waals surface area contributed by atoms with Crippen molar-refractivity contribution in [3.05, 3.63) is 28.8 Å². The van der Waals surface area contributed by atoms with E-state index in [0.29, 0.717) is 11.8 Å². The molecule has 0 radical (unpaired) electrons. The quantitative estimate of drug-likeness (QED) is 0.737. The van der Waals surface area contributed by atoms with Crippen molar-refractivity contribution in [1.29, 1.82) is 0 Å². The van der Waals surface area contributed by atoms with Crippen molar-refractivity contribution >= 4 is 12.0 Å². The van der Waals surface area contributed by atoms with E-state index in [9.17, 15) is 4.79 Å². The Kier molecular flexibility index (Phi) is 4.33. The molecule has 94 valence electrons. The minimum atomic E-state index is 0.421. The topological polar surface area (TPSA) is 20.3 Å². The summed E-state index contributed by atoms with van der Waals surface area (Å²) in [6.07, 6.45) is 0.942. The van der Waals surface area contributed by atoms with Crippen molar-refractivity contribution in [2.24, 2.45) is 0 Å². The molecule has 0 fully saturated rings. The highest BCUT2D eigenvalue weighted by Crippen LogP contribution is 2.35. The predicted octanol–water partition coefficient (Wildman–Crippen LogP) is 3.81. The molecule has 1 rings (SSSR count). The molecule has 0 atom stereocenters. The second-order valence-electron chi connectivity index (χ2n) is 5.37. The van der Waals surface area contributed by atoms with Gasteiger partial charge >= 0.3 is 0 Å². The summed E-state index contributed by atoms with van der Waals surface area (Å²) in [4.78, 5) is 13.2. The summed E-state index contributed by atoms with van der Waals surface area (Å²) in [7, 11) is 4.13.